The Hall–Kier alpha value is -0.330. The minimum absolute atomic E-state index is 0.0651. The molecule has 0 aliphatic carbocycles. The molecule has 0 aromatic carbocycles. The summed E-state index contributed by atoms with van der Waals surface area (Å²) in [7, 11) is -1.29. The first kappa shape index (κ1) is 10.7. The van der Waals surface area contributed by atoms with Crippen LogP contribution in [0.2, 0.25) is 0 Å². The molecule has 0 amide bonds. The van der Waals surface area contributed by atoms with Crippen molar-refractivity contribution >= 4 is 26.0 Å². The van der Waals surface area contributed by atoms with E-state index in [0.29, 0.717) is 6.54 Å². The van der Waals surface area contributed by atoms with Gasteiger partial charge in [0.15, 0.2) is 0 Å². The lowest BCUT2D eigenvalue weighted by molar-refractivity contribution is 0.584. The third-order valence-corrected chi connectivity index (χ3v) is 4.35. The summed E-state index contributed by atoms with van der Waals surface area (Å²) in [5, 5.41) is 0. The second-order valence-corrected chi connectivity index (χ2v) is 5.77. The van der Waals surface area contributed by atoms with Crippen molar-refractivity contribution in [1.29, 1.82) is 0 Å². The van der Waals surface area contributed by atoms with Gasteiger partial charge in [-0.3, -0.25) is 0 Å². The average Bonchev–Trinajstić information content (AvgIpc) is 2.48. The zero-order valence-electron chi connectivity index (χ0n) is 7.20. The molecule has 0 spiro atoms. The molecule has 0 saturated carbocycles. The molecule has 4 nitrogen and oxygen atoms in total. The van der Waals surface area contributed by atoms with Gasteiger partial charge in [0, 0.05) is 18.9 Å². The number of nitrogens with zero attached hydrogens (tertiary/aromatic N) is 1. The highest BCUT2D eigenvalue weighted by Crippen LogP contribution is 2.00. The summed E-state index contributed by atoms with van der Waals surface area (Å²) in [6, 6.07) is 3.74. The standard InChI is InChI=1S/C7H11BrN2O2S/c1-10-4-2-3-7(10)5-9-13(11,12)6-8/h2-4,9H,5-6H2,1H3. The van der Waals surface area contributed by atoms with Gasteiger partial charge >= 0.3 is 0 Å². The van der Waals surface area contributed by atoms with Crippen molar-refractivity contribution in [1.82, 2.24) is 9.29 Å². The number of halogens is 1. The molecule has 0 aliphatic rings. The number of rotatable bonds is 4. The number of nitrogens with one attached hydrogen (secondary N) is 1. The van der Waals surface area contributed by atoms with Gasteiger partial charge in [0.2, 0.25) is 10.0 Å². The van der Waals surface area contributed by atoms with E-state index in [4.69, 9.17) is 0 Å². The summed E-state index contributed by atoms with van der Waals surface area (Å²) < 4.78 is 26.3. The van der Waals surface area contributed by atoms with Crippen molar-refractivity contribution in [2.75, 3.05) is 4.66 Å². The van der Waals surface area contributed by atoms with Crippen molar-refractivity contribution in [3.05, 3.63) is 24.0 Å². The van der Waals surface area contributed by atoms with E-state index in [-0.39, 0.29) is 4.66 Å². The van der Waals surface area contributed by atoms with Crippen LogP contribution in [0.4, 0.5) is 0 Å². The SMILES string of the molecule is Cn1cccc1CNS(=O)(=O)CBr. The number of hydrogen-bond acceptors (Lipinski definition) is 2. The lowest BCUT2D eigenvalue weighted by Crippen LogP contribution is -2.24. The summed E-state index contributed by atoms with van der Waals surface area (Å²) in [4.78, 5) is 0. The van der Waals surface area contributed by atoms with Crippen molar-refractivity contribution < 1.29 is 8.42 Å². The third-order valence-electron chi connectivity index (χ3n) is 1.67. The van der Waals surface area contributed by atoms with Crippen molar-refractivity contribution in [2.24, 2.45) is 7.05 Å². The lowest BCUT2D eigenvalue weighted by Gasteiger charge is -2.04. The smallest absolute Gasteiger partial charge is 0.221 e. The molecule has 0 bridgehead atoms. The molecular weight excluding hydrogens is 256 g/mol. The van der Waals surface area contributed by atoms with E-state index in [0.717, 1.165) is 5.69 Å². The summed E-state index contributed by atoms with van der Waals surface area (Å²) >= 11 is 2.90. The molecule has 6 heteroatoms. The molecule has 1 aromatic heterocycles. The van der Waals surface area contributed by atoms with Crippen LogP contribution < -0.4 is 4.72 Å². The Bertz CT molecular complexity index is 372. The molecule has 74 valence electrons. The molecule has 0 fully saturated rings. The van der Waals surface area contributed by atoms with Crippen LogP contribution in [-0.4, -0.2) is 17.6 Å². The maximum atomic E-state index is 11.0. The molecular formula is C7H11BrN2O2S. The number of hydrogen-bond donors (Lipinski definition) is 1. The van der Waals surface area contributed by atoms with Crippen LogP contribution >= 0.6 is 15.9 Å². The van der Waals surface area contributed by atoms with Gasteiger partial charge in [0.25, 0.3) is 0 Å². The fourth-order valence-electron chi connectivity index (χ4n) is 0.903. The summed E-state index contributed by atoms with van der Waals surface area (Å²) in [5.41, 5.74) is 0.935. The molecule has 1 rings (SSSR count). The zero-order chi connectivity index (χ0) is 9.90. The predicted molar refractivity (Wildman–Crippen MR) is 55.0 cm³/mol. The predicted octanol–water partition coefficient (Wildman–Crippen LogP) is 0.797. The topological polar surface area (TPSA) is 51.1 Å². The van der Waals surface area contributed by atoms with Crippen molar-refractivity contribution in [2.45, 2.75) is 6.54 Å². The maximum absolute atomic E-state index is 11.0. The van der Waals surface area contributed by atoms with E-state index < -0.39 is 10.0 Å². The Morgan fingerprint density at radius 2 is 2.31 bits per heavy atom. The highest BCUT2D eigenvalue weighted by molar-refractivity contribution is 9.10. The molecule has 0 saturated heterocycles. The van der Waals surface area contributed by atoms with Crippen LogP contribution in [0.3, 0.4) is 0 Å². The van der Waals surface area contributed by atoms with E-state index in [1.807, 2.05) is 29.9 Å². The number of aromatic nitrogens is 1. The van der Waals surface area contributed by atoms with Crippen LogP contribution in [-0.2, 0) is 23.6 Å². The first-order valence-corrected chi connectivity index (χ1v) is 6.46. The normalized spacial score (nSPS) is 11.8. The van der Waals surface area contributed by atoms with Gasteiger partial charge < -0.3 is 4.57 Å². The molecule has 1 aromatic rings. The van der Waals surface area contributed by atoms with Crippen molar-refractivity contribution in [3.8, 4) is 0 Å². The summed E-state index contributed by atoms with van der Waals surface area (Å²) in [6.45, 7) is 0.331. The van der Waals surface area contributed by atoms with E-state index in [2.05, 4.69) is 20.7 Å². The molecule has 0 aliphatic heterocycles. The second-order valence-electron chi connectivity index (χ2n) is 2.66. The first-order valence-electron chi connectivity index (χ1n) is 3.68. The number of aryl methyl sites for hydroxylation is 1. The maximum Gasteiger partial charge on any atom is 0.221 e. The monoisotopic (exact) mass is 266 g/mol. The quantitative estimate of drug-likeness (QED) is 0.820. The molecule has 1 heterocycles. The summed E-state index contributed by atoms with van der Waals surface area (Å²) in [5.74, 6) is 0. The lowest BCUT2D eigenvalue weighted by atomic mass is 10.4. The Morgan fingerprint density at radius 1 is 1.62 bits per heavy atom. The van der Waals surface area contributed by atoms with Gasteiger partial charge in [-0.1, -0.05) is 15.9 Å². The van der Waals surface area contributed by atoms with Gasteiger partial charge in [-0.25, -0.2) is 13.1 Å². The number of sulfonamides is 1. The van der Waals surface area contributed by atoms with Gasteiger partial charge in [-0.05, 0) is 12.1 Å². The third kappa shape index (κ3) is 3.13. The largest absolute Gasteiger partial charge is 0.353 e. The minimum Gasteiger partial charge on any atom is -0.353 e. The highest BCUT2D eigenvalue weighted by atomic mass is 79.9. The van der Waals surface area contributed by atoms with Gasteiger partial charge in [0.05, 0.1) is 6.54 Å². The Kier molecular flexibility index (Phi) is 3.52. The van der Waals surface area contributed by atoms with E-state index in [1.165, 1.54) is 0 Å². The van der Waals surface area contributed by atoms with E-state index >= 15 is 0 Å². The molecule has 0 radical (unpaired) electrons. The summed E-state index contributed by atoms with van der Waals surface area (Å²) in [6.07, 6.45) is 1.87. The first-order chi connectivity index (χ1) is 6.05. The Balaban J connectivity index is 2.58. The van der Waals surface area contributed by atoms with Crippen LogP contribution in [0, 0.1) is 0 Å². The van der Waals surface area contributed by atoms with Crippen LogP contribution in [0.1, 0.15) is 5.69 Å². The fourth-order valence-corrected chi connectivity index (χ4v) is 1.83. The zero-order valence-corrected chi connectivity index (χ0v) is 9.60. The average molecular weight is 267 g/mol. The molecule has 1 N–H and O–H groups in total. The minimum atomic E-state index is -3.16. The van der Waals surface area contributed by atoms with Crippen LogP contribution in [0.5, 0.6) is 0 Å². The van der Waals surface area contributed by atoms with Crippen LogP contribution in [0.15, 0.2) is 18.3 Å². The van der Waals surface area contributed by atoms with Gasteiger partial charge in [-0.15, -0.1) is 0 Å². The van der Waals surface area contributed by atoms with Crippen LogP contribution in [0.25, 0.3) is 0 Å². The van der Waals surface area contributed by atoms with Crippen molar-refractivity contribution in [3.63, 3.8) is 0 Å². The van der Waals surface area contributed by atoms with Gasteiger partial charge in [-0.2, -0.15) is 0 Å². The molecule has 0 atom stereocenters. The Morgan fingerprint density at radius 3 is 2.77 bits per heavy atom. The number of alkyl halides is 1. The molecule has 13 heavy (non-hydrogen) atoms. The van der Waals surface area contributed by atoms with E-state index in [9.17, 15) is 8.42 Å². The van der Waals surface area contributed by atoms with E-state index in [1.54, 1.807) is 0 Å². The Labute approximate surface area is 86.1 Å². The molecule has 0 unspecified atom stereocenters. The van der Waals surface area contributed by atoms with Gasteiger partial charge in [0.1, 0.15) is 4.66 Å². The second kappa shape index (κ2) is 4.26. The highest BCUT2D eigenvalue weighted by Gasteiger charge is 2.07. The fraction of sp³-hybridized carbons (Fsp3) is 0.429.